The molecule has 134 valence electrons. The van der Waals surface area contributed by atoms with E-state index in [1.54, 1.807) is 6.07 Å². The lowest BCUT2D eigenvalue weighted by molar-refractivity contribution is -0.113. The number of ether oxygens (including phenoxy) is 1. The fourth-order valence-electron chi connectivity index (χ4n) is 2.18. The maximum Gasteiger partial charge on any atom is 0.237 e. The number of carbonyl (C=O) groups is 1. The van der Waals surface area contributed by atoms with Gasteiger partial charge in [-0.05, 0) is 25.0 Å². The summed E-state index contributed by atoms with van der Waals surface area (Å²) in [6, 6.07) is 8.75. The van der Waals surface area contributed by atoms with E-state index in [9.17, 15) is 13.8 Å². The van der Waals surface area contributed by atoms with Crippen molar-refractivity contribution in [2.45, 2.75) is 26.0 Å². The molecule has 2 rings (SSSR count). The number of H-pyrrole nitrogens is 1. The SMILES string of the molecule is CCCOc1c[nH]c(CS(=O)CC(=O)Nc2ccccc2C)cc1=O. The van der Waals surface area contributed by atoms with Gasteiger partial charge in [-0.1, -0.05) is 25.1 Å². The van der Waals surface area contributed by atoms with Crippen LogP contribution in [0.4, 0.5) is 5.69 Å². The molecule has 1 unspecified atom stereocenters. The first-order valence-electron chi connectivity index (χ1n) is 8.04. The molecular formula is C18H22N2O4S. The number of hydrogen-bond acceptors (Lipinski definition) is 4. The summed E-state index contributed by atoms with van der Waals surface area (Å²) in [7, 11) is -1.42. The average Bonchev–Trinajstić information content (AvgIpc) is 2.56. The van der Waals surface area contributed by atoms with Crippen LogP contribution in [0.1, 0.15) is 24.6 Å². The number of anilines is 1. The van der Waals surface area contributed by atoms with E-state index in [-0.39, 0.29) is 28.6 Å². The second-order valence-electron chi connectivity index (χ2n) is 5.63. The molecule has 0 radical (unpaired) electrons. The van der Waals surface area contributed by atoms with Crippen molar-refractivity contribution in [3.63, 3.8) is 0 Å². The molecule has 6 nitrogen and oxygen atoms in total. The van der Waals surface area contributed by atoms with Crippen LogP contribution in [-0.2, 0) is 21.3 Å². The van der Waals surface area contributed by atoms with E-state index in [4.69, 9.17) is 4.74 Å². The summed E-state index contributed by atoms with van der Waals surface area (Å²) in [5.41, 5.74) is 1.89. The lowest BCUT2D eigenvalue weighted by Gasteiger charge is -2.08. The van der Waals surface area contributed by atoms with Crippen LogP contribution in [0.15, 0.2) is 41.3 Å². The van der Waals surface area contributed by atoms with E-state index in [1.165, 1.54) is 12.3 Å². The number of rotatable bonds is 8. The van der Waals surface area contributed by atoms with Crippen molar-refractivity contribution in [3.8, 4) is 5.75 Å². The van der Waals surface area contributed by atoms with Crippen molar-refractivity contribution in [1.29, 1.82) is 0 Å². The molecule has 0 fully saturated rings. The summed E-state index contributed by atoms with van der Waals surface area (Å²) in [6.45, 7) is 4.31. The van der Waals surface area contributed by atoms with Crippen LogP contribution in [0, 0.1) is 6.92 Å². The topological polar surface area (TPSA) is 88.3 Å². The molecule has 1 atom stereocenters. The molecule has 0 bridgehead atoms. The zero-order valence-corrected chi connectivity index (χ0v) is 15.2. The Labute approximate surface area is 149 Å². The summed E-state index contributed by atoms with van der Waals surface area (Å²) in [6.07, 6.45) is 2.28. The minimum absolute atomic E-state index is 0.102. The summed E-state index contributed by atoms with van der Waals surface area (Å²) >= 11 is 0. The van der Waals surface area contributed by atoms with Crippen molar-refractivity contribution < 1.29 is 13.7 Å². The number of amides is 1. The van der Waals surface area contributed by atoms with E-state index in [0.29, 0.717) is 18.0 Å². The summed E-state index contributed by atoms with van der Waals surface area (Å²) in [4.78, 5) is 26.8. The molecule has 0 aliphatic carbocycles. The molecule has 1 aromatic carbocycles. The van der Waals surface area contributed by atoms with Gasteiger partial charge in [0.2, 0.25) is 11.3 Å². The summed E-state index contributed by atoms with van der Waals surface area (Å²) in [5.74, 6) is -0.110. The van der Waals surface area contributed by atoms with Gasteiger partial charge in [-0.25, -0.2) is 0 Å². The zero-order valence-electron chi connectivity index (χ0n) is 14.3. The first kappa shape index (κ1) is 18.9. The summed E-state index contributed by atoms with van der Waals surface area (Å²) < 4.78 is 17.5. The molecule has 1 amide bonds. The normalized spacial score (nSPS) is 11.8. The van der Waals surface area contributed by atoms with Crippen molar-refractivity contribution >= 4 is 22.4 Å². The molecule has 0 spiro atoms. The van der Waals surface area contributed by atoms with Crippen LogP contribution in [0.25, 0.3) is 0 Å². The largest absolute Gasteiger partial charge is 0.488 e. The molecule has 1 aromatic heterocycles. The molecule has 2 N–H and O–H groups in total. The zero-order chi connectivity index (χ0) is 18.2. The number of aryl methyl sites for hydroxylation is 1. The quantitative estimate of drug-likeness (QED) is 0.754. The van der Waals surface area contributed by atoms with Gasteiger partial charge >= 0.3 is 0 Å². The first-order chi connectivity index (χ1) is 12.0. The highest BCUT2D eigenvalue weighted by Crippen LogP contribution is 2.13. The molecule has 0 saturated carbocycles. The second-order valence-corrected chi connectivity index (χ2v) is 7.08. The van der Waals surface area contributed by atoms with Gasteiger partial charge in [-0.15, -0.1) is 0 Å². The van der Waals surface area contributed by atoms with Gasteiger partial charge in [-0.3, -0.25) is 13.8 Å². The fraction of sp³-hybridized carbons (Fsp3) is 0.333. The van der Waals surface area contributed by atoms with Gasteiger partial charge in [0.1, 0.15) is 5.75 Å². The third-order valence-corrected chi connectivity index (χ3v) is 4.64. The number of aromatic amines is 1. The van der Waals surface area contributed by atoms with Crippen LogP contribution in [0.2, 0.25) is 0 Å². The Kier molecular flexibility index (Phi) is 6.94. The molecule has 0 aliphatic heterocycles. The number of hydrogen-bond donors (Lipinski definition) is 2. The third-order valence-electron chi connectivity index (χ3n) is 3.43. The first-order valence-corrected chi connectivity index (χ1v) is 9.53. The predicted molar refractivity (Wildman–Crippen MR) is 99.4 cm³/mol. The maximum atomic E-state index is 12.2. The Bertz CT molecular complexity index is 817. The molecule has 25 heavy (non-hydrogen) atoms. The molecule has 1 heterocycles. The van der Waals surface area contributed by atoms with Crippen LogP contribution in [-0.4, -0.2) is 27.5 Å². The number of benzene rings is 1. The molecule has 0 aliphatic rings. The highest BCUT2D eigenvalue weighted by atomic mass is 32.2. The van der Waals surface area contributed by atoms with Gasteiger partial charge < -0.3 is 15.0 Å². The minimum Gasteiger partial charge on any atom is -0.488 e. The minimum atomic E-state index is -1.42. The maximum absolute atomic E-state index is 12.2. The lowest BCUT2D eigenvalue weighted by atomic mass is 10.2. The number of aromatic nitrogens is 1. The highest BCUT2D eigenvalue weighted by molar-refractivity contribution is 7.84. The molecule has 7 heteroatoms. The van der Waals surface area contributed by atoms with Crippen LogP contribution < -0.4 is 15.5 Å². The number of pyridine rings is 1. The third kappa shape index (κ3) is 5.86. The number of para-hydroxylation sites is 1. The van der Waals surface area contributed by atoms with Gasteiger partial charge in [0, 0.05) is 34.4 Å². The highest BCUT2D eigenvalue weighted by Gasteiger charge is 2.11. The Morgan fingerprint density at radius 3 is 2.76 bits per heavy atom. The van der Waals surface area contributed by atoms with Crippen LogP contribution in [0.3, 0.4) is 0 Å². The van der Waals surface area contributed by atoms with Crippen LogP contribution >= 0.6 is 0 Å². The van der Waals surface area contributed by atoms with E-state index in [0.717, 1.165) is 12.0 Å². The van der Waals surface area contributed by atoms with E-state index in [2.05, 4.69) is 10.3 Å². The predicted octanol–water partition coefficient (Wildman–Crippen LogP) is 2.36. The smallest absolute Gasteiger partial charge is 0.237 e. The molecule has 2 aromatic rings. The van der Waals surface area contributed by atoms with E-state index in [1.807, 2.05) is 32.0 Å². The van der Waals surface area contributed by atoms with E-state index >= 15 is 0 Å². The van der Waals surface area contributed by atoms with Crippen LogP contribution in [0.5, 0.6) is 5.75 Å². The van der Waals surface area contributed by atoms with Crippen molar-refractivity contribution in [2.75, 3.05) is 17.7 Å². The molecule has 0 saturated heterocycles. The van der Waals surface area contributed by atoms with Crippen molar-refractivity contribution in [1.82, 2.24) is 4.98 Å². The number of carbonyl (C=O) groups excluding carboxylic acids is 1. The Balaban J connectivity index is 1.91. The van der Waals surface area contributed by atoms with Gasteiger partial charge in [0.25, 0.3) is 0 Å². The Morgan fingerprint density at radius 1 is 1.32 bits per heavy atom. The summed E-state index contributed by atoms with van der Waals surface area (Å²) in [5, 5.41) is 2.75. The fourth-order valence-corrected chi connectivity index (χ4v) is 3.16. The number of nitrogens with one attached hydrogen (secondary N) is 2. The standard InChI is InChI=1S/C18H22N2O4S/c1-3-8-24-17-10-19-14(9-16(17)21)11-25(23)12-18(22)20-15-7-5-4-6-13(15)2/h4-7,9-10H,3,8,11-12H2,1-2H3,(H,19,21)(H,20,22). The molecular weight excluding hydrogens is 340 g/mol. The van der Waals surface area contributed by atoms with Crippen molar-refractivity contribution in [2.24, 2.45) is 0 Å². The van der Waals surface area contributed by atoms with Gasteiger partial charge in [0.15, 0.2) is 5.75 Å². The lowest BCUT2D eigenvalue weighted by Crippen LogP contribution is -2.21. The van der Waals surface area contributed by atoms with Gasteiger partial charge in [0.05, 0.1) is 12.4 Å². The van der Waals surface area contributed by atoms with Crippen molar-refractivity contribution in [3.05, 3.63) is 58.0 Å². The second kappa shape index (κ2) is 9.17. The average molecular weight is 362 g/mol. The monoisotopic (exact) mass is 362 g/mol. The Morgan fingerprint density at radius 2 is 2.08 bits per heavy atom. The Hall–Kier alpha value is -2.41. The van der Waals surface area contributed by atoms with E-state index < -0.39 is 10.8 Å². The van der Waals surface area contributed by atoms with Gasteiger partial charge in [-0.2, -0.15) is 0 Å².